The minimum absolute atomic E-state index is 0.395. The molecule has 0 aliphatic carbocycles. The van der Waals surface area contributed by atoms with Crippen molar-refractivity contribution in [3.05, 3.63) is 0 Å². The Morgan fingerprint density at radius 3 is 2.50 bits per heavy atom. The van der Waals surface area contributed by atoms with Crippen LogP contribution in [0.5, 0.6) is 0 Å². The highest BCUT2D eigenvalue weighted by Gasteiger charge is 1.94. The van der Waals surface area contributed by atoms with E-state index < -0.39 is 9.04 Å². The van der Waals surface area contributed by atoms with Crippen molar-refractivity contribution >= 4 is 18.8 Å². The minimum atomic E-state index is -0.395. The van der Waals surface area contributed by atoms with Crippen molar-refractivity contribution in [2.75, 3.05) is 0 Å². The fraction of sp³-hybridized carbons (Fsp3) is 1.00. The predicted molar refractivity (Wildman–Crippen MR) is 39.4 cm³/mol. The molecule has 0 unspecified atom stereocenters. The summed E-state index contributed by atoms with van der Waals surface area (Å²) in [5.74, 6) is 0. The standard InChI is InChI=1S/C5H13OSi2/c1-4-5-7-6-8(2)3/h4-5H2,1-3H3. The maximum atomic E-state index is 5.41. The smallest absolute Gasteiger partial charge is 0.214 e. The third kappa shape index (κ3) is 6.39. The Morgan fingerprint density at radius 2 is 2.12 bits per heavy atom. The molecule has 0 spiro atoms. The van der Waals surface area contributed by atoms with Gasteiger partial charge in [-0.1, -0.05) is 13.3 Å². The van der Waals surface area contributed by atoms with E-state index in [0.717, 1.165) is 9.76 Å². The molecule has 1 nitrogen and oxygen atoms in total. The van der Waals surface area contributed by atoms with Gasteiger partial charge in [0, 0.05) is 0 Å². The molecule has 0 aromatic rings. The summed E-state index contributed by atoms with van der Waals surface area (Å²) in [6.07, 6.45) is 1.26. The van der Waals surface area contributed by atoms with Crippen molar-refractivity contribution in [1.82, 2.24) is 0 Å². The fourth-order valence-electron chi connectivity index (χ4n) is 0.297. The summed E-state index contributed by atoms with van der Waals surface area (Å²) in [6.45, 7) is 6.54. The molecule has 0 rings (SSSR count). The Bertz CT molecular complexity index is 47.7. The van der Waals surface area contributed by atoms with Crippen LogP contribution in [0.1, 0.15) is 13.3 Å². The van der Waals surface area contributed by atoms with Gasteiger partial charge in [0.25, 0.3) is 0 Å². The molecular weight excluding hydrogens is 132 g/mol. The van der Waals surface area contributed by atoms with Gasteiger partial charge in [-0.05, 0) is 19.1 Å². The van der Waals surface area contributed by atoms with Crippen molar-refractivity contribution in [2.24, 2.45) is 0 Å². The van der Waals surface area contributed by atoms with Gasteiger partial charge in [0.2, 0.25) is 9.76 Å². The van der Waals surface area contributed by atoms with Crippen molar-refractivity contribution < 1.29 is 4.12 Å². The minimum Gasteiger partial charge on any atom is -0.456 e. The summed E-state index contributed by atoms with van der Waals surface area (Å²) in [6, 6.07) is 1.25. The third-order valence-corrected chi connectivity index (χ3v) is 3.54. The van der Waals surface area contributed by atoms with Gasteiger partial charge in [0.05, 0.1) is 0 Å². The van der Waals surface area contributed by atoms with Crippen molar-refractivity contribution in [3.63, 3.8) is 0 Å². The van der Waals surface area contributed by atoms with E-state index in [9.17, 15) is 0 Å². The van der Waals surface area contributed by atoms with Crippen LogP contribution in [-0.4, -0.2) is 18.8 Å². The van der Waals surface area contributed by atoms with Crippen LogP contribution in [0.3, 0.4) is 0 Å². The molecule has 0 saturated carbocycles. The van der Waals surface area contributed by atoms with Gasteiger partial charge in [-0.3, -0.25) is 0 Å². The summed E-state index contributed by atoms with van der Waals surface area (Å²) in [7, 11) is 0.363. The summed E-state index contributed by atoms with van der Waals surface area (Å²) in [5, 5.41) is 0. The molecule has 0 aliphatic heterocycles. The Balaban J connectivity index is 2.72. The lowest BCUT2D eigenvalue weighted by Gasteiger charge is -2.00. The fourth-order valence-corrected chi connectivity index (χ4v) is 2.06. The molecule has 3 radical (unpaired) electrons. The highest BCUT2D eigenvalue weighted by molar-refractivity contribution is 6.56. The molecule has 0 amide bonds. The molecule has 0 aromatic carbocycles. The predicted octanol–water partition coefficient (Wildman–Crippen LogP) is 1.70. The SMILES string of the molecule is CCC[Si]O[Si](C)C. The summed E-state index contributed by atoms with van der Waals surface area (Å²) in [4.78, 5) is 0. The van der Waals surface area contributed by atoms with Crippen LogP contribution in [-0.2, 0) is 4.12 Å². The van der Waals surface area contributed by atoms with Crippen molar-refractivity contribution in [3.8, 4) is 0 Å². The molecule has 0 bridgehead atoms. The van der Waals surface area contributed by atoms with Gasteiger partial charge in [0.15, 0.2) is 9.04 Å². The van der Waals surface area contributed by atoms with E-state index in [1.807, 2.05) is 0 Å². The van der Waals surface area contributed by atoms with Gasteiger partial charge in [-0.15, -0.1) is 0 Å². The van der Waals surface area contributed by atoms with Gasteiger partial charge < -0.3 is 4.12 Å². The van der Waals surface area contributed by atoms with Crippen LogP contribution >= 0.6 is 0 Å². The first-order valence-electron chi connectivity index (χ1n) is 2.97. The molecular formula is C5H13OSi2. The maximum absolute atomic E-state index is 5.41. The van der Waals surface area contributed by atoms with Gasteiger partial charge in [0.1, 0.15) is 0 Å². The Morgan fingerprint density at radius 1 is 1.50 bits per heavy atom. The third-order valence-electron chi connectivity index (χ3n) is 0.628. The van der Waals surface area contributed by atoms with Crippen LogP contribution in [0.2, 0.25) is 19.1 Å². The zero-order valence-corrected chi connectivity index (χ0v) is 7.82. The molecule has 0 aliphatic rings. The topological polar surface area (TPSA) is 9.23 Å². The average molecular weight is 145 g/mol. The summed E-state index contributed by atoms with van der Waals surface area (Å²) in [5.41, 5.74) is 0. The quantitative estimate of drug-likeness (QED) is 0.432. The lowest BCUT2D eigenvalue weighted by Crippen LogP contribution is -2.10. The van der Waals surface area contributed by atoms with Crippen LogP contribution < -0.4 is 0 Å². The van der Waals surface area contributed by atoms with E-state index in [-0.39, 0.29) is 0 Å². The second-order valence-corrected chi connectivity index (χ2v) is 5.33. The monoisotopic (exact) mass is 145 g/mol. The highest BCUT2D eigenvalue weighted by atomic mass is 28.3. The Hall–Kier alpha value is 0.394. The number of hydrogen-bond donors (Lipinski definition) is 0. The molecule has 3 heteroatoms. The lowest BCUT2D eigenvalue weighted by atomic mass is 10.6. The second-order valence-electron chi connectivity index (χ2n) is 1.90. The molecule has 0 saturated heterocycles. The average Bonchev–Trinajstić information content (AvgIpc) is 1.66. The van der Waals surface area contributed by atoms with Crippen LogP contribution in [0.25, 0.3) is 0 Å². The first-order valence-corrected chi connectivity index (χ1v) is 6.49. The second kappa shape index (κ2) is 5.53. The largest absolute Gasteiger partial charge is 0.456 e. The zero-order chi connectivity index (χ0) is 6.41. The van der Waals surface area contributed by atoms with Gasteiger partial charge in [-0.2, -0.15) is 0 Å². The van der Waals surface area contributed by atoms with Crippen LogP contribution in [0.15, 0.2) is 0 Å². The first kappa shape index (κ1) is 8.39. The lowest BCUT2D eigenvalue weighted by molar-refractivity contribution is 0.618. The van der Waals surface area contributed by atoms with E-state index in [4.69, 9.17) is 4.12 Å². The van der Waals surface area contributed by atoms with E-state index in [1.165, 1.54) is 12.5 Å². The summed E-state index contributed by atoms with van der Waals surface area (Å²) < 4.78 is 5.41. The van der Waals surface area contributed by atoms with Gasteiger partial charge in [-0.25, -0.2) is 0 Å². The van der Waals surface area contributed by atoms with E-state index in [1.54, 1.807) is 0 Å². The number of rotatable bonds is 4. The van der Waals surface area contributed by atoms with Crippen LogP contribution in [0, 0.1) is 0 Å². The van der Waals surface area contributed by atoms with Crippen molar-refractivity contribution in [1.29, 1.82) is 0 Å². The van der Waals surface area contributed by atoms with Crippen LogP contribution in [0.4, 0.5) is 0 Å². The Labute approximate surface area is 56.1 Å². The molecule has 0 atom stereocenters. The van der Waals surface area contributed by atoms with Crippen molar-refractivity contribution in [2.45, 2.75) is 32.5 Å². The Kier molecular flexibility index (Phi) is 5.80. The zero-order valence-electron chi connectivity index (χ0n) is 5.82. The molecule has 0 N–H and O–H groups in total. The van der Waals surface area contributed by atoms with E-state index in [2.05, 4.69) is 20.0 Å². The highest BCUT2D eigenvalue weighted by Crippen LogP contribution is 1.88. The first-order chi connectivity index (χ1) is 3.77. The van der Waals surface area contributed by atoms with E-state index >= 15 is 0 Å². The van der Waals surface area contributed by atoms with Gasteiger partial charge >= 0.3 is 0 Å². The molecule has 47 valence electrons. The number of hydrogen-bond acceptors (Lipinski definition) is 1. The van der Waals surface area contributed by atoms with E-state index in [0.29, 0.717) is 0 Å². The molecule has 0 heterocycles. The maximum Gasteiger partial charge on any atom is 0.214 e. The summed E-state index contributed by atoms with van der Waals surface area (Å²) >= 11 is 0. The molecule has 8 heavy (non-hydrogen) atoms. The normalized spacial score (nSPS) is 10.5. The molecule has 0 aromatic heterocycles. The molecule has 0 fully saturated rings.